The second-order valence-electron chi connectivity index (χ2n) is 6.38. The first-order valence-corrected chi connectivity index (χ1v) is 7.20. The number of esters is 1. The van der Waals surface area contributed by atoms with E-state index in [0.717, 1.165) is 13.2 Å². The zero-order valence-corrected chi connectivity index (χ0v) is 14.0. The zero-order valence-electron chi connectivity index (χ0n) is 14.0. The summed E-state index contributed by atoms with van der Waals surface area (Å²) < 4.78 is 58.2. The molecule has 0 amide bonds. The summed E-state index contributed by atoms with van der Waals surface area (Å²) >= 11 is 0. The zero-order chi connectivity index (χ0) is 18.3. The minimum Gasteiger partial charge on any atom is -0.465 e. The average Bonchev–Trinajstić information content (AvgIpc) is 2.64. The number of rotatable bonds is 3. The van der Waals surface area contributed by atoms with Crippen molar-refractivity contribution in [1.82, 2.24) is 0 Å². The van der Waals surface area contributed by atoms with Gasteiger partial charge in [-0.15, -0.1) is 13.2 Å². The number of carbonyl (C=O) groups excluding carboxylic acids is 1. The van der Waals surface area contributed by atoms with Crippen LogP contribution in [0.25, 0.3) is 0 Å². The van der Waals surface area contributed by atoms with Gasteiger partial charge in [0.05, 0.1) is 23.9 Å². The van der Waals surface area contributed by atoms with Gasteiger partial charge in [0.1, 0.15) is 5.75 Å². The first-order valence-electron chi connectivity index (χ1n) is 7.20. The summed E-state index contributed by atoms with van der Waals surface area (Å²) in [4.78, 5) is 11.5. The minimum atomic E-state index is -4.92. The van der Waals surface area contributed by atoms with Gasteiger partial charge < -0.3 is 18.8 Å². The molecule has 0 radical (unpaired) electrons. The molecule has 0 unspecified atom stereocenters. The SMILES string of the molecule is COC(=O)c1ccc(B2OC(C)(C)C(C)(C)O2)c(OC(F)(F)F)c1. The number of carbonyl (C=O) groups is 1. The van der Waals surface area contributed by atoms with Crippen LogP contribution in [-0.4, -0.2) is 37.8 Å². The van der Waals surface area contributed by atoms with Crippen LogP contribution in [0.2, 0.25) is 0 Å². The molecule has 0 bridgehead atoms. The van der Waals surface area contributed by atoms with Crippen molar-refractivity contribution in [2.45, 2.75) is 45.3 Å². The molecule has 1 aromatic carbocycles. The van der Waals surface area contributed by atoms with Gasteiger partial charge in [-0.05, 0) is 39.8 Å². The van der Waals surface area contributed by atoms with Crippen LogP contribution < -0.4 is 10.2 Å². The van der Waals surface area contributed by atoms with E-state index in [-0.39, 0.29) is 11.0 Å². The summed E-state index contributed by atoms with van der Waals surface area (Å²) in [6, 6.07) is 3.59. The summed E-state index contributed by atoms with van der Waals surface area (Å²) in [7, 11) is 0.0773. The molecule has 1 aliphatic rings. The standard InChI is InChI=1S/C15H18BF3O5/c1-13(2)14(3,4)24-16(23-13)10-7-6-9(12(20)21-5)8-11(10)22-15(17,18)19/h6-8H,1-5H3. The maximum Gasteiger partial charge on any atom is 0.573 e. The number of benzene rings is 1. The number of hydrogen-bond acceptors (Lipinski definition) is 5. The summed E-state index contributed by atoms with van der Waals surface area (Å²) in [6.45, 7) is 7.11. The van der Waals surface area contributed by atoms with Gasteiger partial charge in [0.25, 0.3) is 0 Å². The molecule has 0 saturated carbocycles. The van der Waals surface area contributed by atoms with E-state index >= 15 is 0 Å². The Kier molecular flexibility index (Phi) is 4.62. The Bertz CT molecular complexity index is 626. The first-order chi connectivity index (χ1) is 10.9. The quantitative estimate of drug-likeness (QED) is 0.622. The lowest BCUT2D eigenvalue weighted by Crippen LogP contribution is -2.41. The molecule has 24 heavy (non-hydrogen) atoms. The minimum absolute atomic E-state index is 0.0404. The van der Waals surface area contributed by atoms with E-state index in [4.69, 9.17) is 9.31 Å². The fraction of sp³-hybridized carbons (Fsp3) is 0.533. The lowest BCUT2D eigenvalue weighted by atomic mass is 9.78. The molecule has 0 atom stereocenters. The van der Waals surface area contributed by atoms with Gasteiger partial charge in [-0.3, -0.25) is 0 Å². The number of alkyl halides is 3. The second kappa shape index (κ2) is 5.96. The maximum absolute atomic E-state index is 12.7. The molecule has 0 N–H and O–H groups in total. The first kappa shape index (κ1) is 18.6. The second-order valence-corrected chi connectivity index (χ2v) is 6.38. The number of methoxy groups -OCH3 is 1. The van der Waals surface area contributed by atoms with Gasteiger partial charge in [0.15, 0.2) is 0 Å². The van der Waals surface area contributed by atoms with Crippen LogP contribution in [0.5, 0.6) is 5.75 Å². The number of hydrogen-bond donors (Lipinski definition) is 0. The molecule has 0 spiro atoms. The summed E-state index contributed by atoms with van der Waals surface area (Å²) in [5.41, 5.74) is -1.49. The highest BCUT2D eigenvalue weighted by Gasteiger charge is 2.53. The predicted octanol–water partition coefficient (Wildman–Crippen LogP) is 2.67. The van der Waals surface area contributed by atoms with Crippen LogP contribution in [0.15, 0.2) is 18.2 Å². The Balaban J connectivity index is 2.44. The van der Waals surface area contributed by atoms with Gasteiger partial charge >= 0.3 is 19.5 Å². The van der Waals surface area contributed by atoms with Gasteiger partial charge in [-0.2, -0.15) is 0 Å². The summed E-state index contributed by atoms with van der Waals surface area (Å²) in [6.07, 6.45) is -4.92. The molecule has 1 heterocycles. The van der Waals surface area contributed by atoms with E-state index in [1.54, 1.807) is 27.7 Å². The molecule has 132 valence electrons. The van der Waals surface area contributed by atoms with E-state index in [9.17, 15) is 18.0 Å². The highest BCUT2D eigenvalue weighted by Crippen LogP contribution is 2.37. The van der Waals surface area contributed by atoms with Crippen LogP contribution in [0, 0.1) is 0 Å². The number of halogens is 3. The van der Waals surface area contributed by atoms with Crippen LogP contribution in [0.3, 0.4) is 0 Å². The fourth-order valence-electron chi connectivity index (χ4n) is 2.16. The van der Waals surface area contributed by atoms with Crippen molar-refractivity contribution in [1.29, 1.82) is 0 Å². The van der Waals surface area contributed by atoms with Crippen molar-refractivity contribution in [2.24, 2.45) is 0 Å². The molecule has 1 aromatic rings. The van der Waals surface area contributed by atoms with Crippen molar-refractivity contribution >= 4 is 18.6 Å². The van der Waals surface area contributed by atoms with Crippen LogP contribution in [0.4, 0.5) is 13.2 Å². The molecule has 9 heteroatoms. The van der Waals surface area contributed by atoms with Gasteiger partial charge in [0, 0.05) is 5.46 Å². The molecule has 1 saturated heterocycles. The molecule has 2 rings (SSSR count). The Labute approximate surface area is 138 Å². The van der Waals surface area contributed by atoms with Gasteiger partial charge in [-0.1, -0.05) is 6.07 Å². The van der Waals surface area contributed by atoms with E-state index < -0.39 is 36.4 Å². The van der Waals surface area contributed by atoms with Crippen LogP contribution in [-0.2, 0) is 14.0 Å². The van der Waals surface area contributed by atoms with Gasteiger partial charge in [0.2, 0.25) is 0 Å². The van der Waals surface area contributed by atoms with Crippen molar-refractivity contribution in [2.75, 3.05) is 7.11 Å². The fourth-order valence-corrected chi connectivity index (χ4v) is 2.16. The van der Waals surface area contributed by atoms with Crippen LogP contribution in [0.1, 0.15) is 38.1 Å². The third kappa shape index (κ3) is 3.67. The Morgan fingerprint density at radius 1 is 1.12 bits per heavy atom. The average molecular weight is 346 g/mol. The normalized spacial score (nSPS) is 19.2. The number of ether oxygens (including phenoxy) is 2. The highest BCUT2D eigenvalue weighted by molar-refractivity contribution is 6.63. The Morgan fingerprint density at radius 2 is 1.67 bits per heavy atom. The molecule has 1 aliphatic heterocycles. The lowest BCUT2D eigenvalue weighted by molar-refractivity contribution is -0.274. The monoisotopic (exact) mass is 346 g/mol. The smallest absolute Gasteiger partial charge is 0.465 e. The van der Waals surface area contributed by atoms with Gasteiger partial charge in [-0.25, -0.2) is 4.79 Å². The van der Waals surface area contributed by atoms with Crippen molar-refractivity contribution in [3.05, 3.63) is 23.8 Å². The molecule has 0 aliphatic carbocycles. The summed E-state index contributed by atoms with van der Waals surface area (Å²) in [5, 5.41) is 0. The molecular formula is C15H18BF3O5. The summed E-state index contributed by atoms with van der Waals surface area (Å²) in [5.74, 6) is -1.34. The lowest BCUT2D eigenvalue weighted by Gasteiger charge is -2.32. The van der Waals surface area contributed by atoms with E-state index in [0.29, 0.717) is 0 Å². The van der Waals surface area contributed by atoms with Crippen molar-refractivity contribution < 1.29 is 36.7 Å². The Hall–Kier alpha value is -1.74. The maximum atomic E-state index is 12.7. The van der Waals surface area contributed by atoms with E-state index in [2.05, 4.69) is 9.47 Å². The topological polar surface area (TPSA) is 54.0 Å². The predicted molar refractivity (Wildman–Crippen MR) is 80.2 cm³/mol. The highest BCUT2D eigenvalue weighted by atomic mass is 19.4. The van der Waals surface area contributed by atoms with Crippen molar-refractivity contribution in [3.8, 4) is 5.75 Å². The molecule has 1 fully saturated rings. The molecular weight excluding hydrogens is 328 g/mol. The largest absolute Gasteiger partial charge is 0.573 e. The third-order valence-corrected chi connectivity index (χ3v) is 4.17. The molecule has 5 nitrogen and oxygen atoms in total. The molecule has 0 aromatic heterocycles. The third-order valence-electron chi connectivity index (χ3n) is 4.17. The van der Waals surface area contributed by atoms with E-state index in [1.807, 2.05) is 0 Å². The Morgan fingerprint density at radius 3 is 2.12 bits per heavy atom. The van der Waals surface area contributed by atoms with E-state index in [1.165, 1.54) is 12.1 Å². The van der Waals surface area contributed by atoms with Crippen LogP contribution >= 0.6 is 0 Å². The van der Waals surface area contributed by atoms with Crippen molar-refractivity contribution in [3.63, 3.8) is 0 Å².